The predicted molar refractivity (Wildman–Crippen MR) is 59.2 cm³/mol. The predicted octanol–water partition coefficient (Wildman–Crippen LogP) is 0.954. The molecule has 2 N–H and O–H groups in total. The average Bonchev–Trinajstić information content (AvgIpc) is 2.80. The maximum atomic E-state index is 11.7. The molecule has 2 fully saturated rings. The highest BCUT2D eigenvalue weighted by atomic mass is 32.2. The van der Waals surface area contributed by atoms with Crippen molar-refractivity contribution < 1.29 is 4.79 Å². The van der Waals surface area contributed by atoms with Crippen LogP contribution in [0.15, 0.2) is 0 Å². The summed E-state index contributed by atoms with van der Waals surface area (Å²) >= 11 is 1.79. The maximum Gasteiger partial charge on any atom is 0.238 e. The summed E-state index contributed by atoms with van der Waals surface area (Å²) in [4.78, 5) is 11.7. The lowest BCUT2D eigenvalue weighted by molar-refractivity contribution is -0.123. The normalized spacial score (nSPS) is 28.8. The van der Waals surface area contributed by atoms with Crippen molar-refractivity contribution in [3.8, 4) is 0 Å². The van der Waals surface area contributed by atoms with E-state index in [1.807, 2.05) is 0 Å². The van der Waals surface area contributed by atoms with E-state index in [1.54, 1.807) is 11.8 Å². The summed E-state index contributed by atoms with van der Waals surface area (Å²) in [5.74, 6) is 2.90. The Morgan fingerprint density at radius 2 is 2.43 bits per heavy atom. The molecule has 0 bridgehead atoms. The van der Waals surface area contributed by atoms with Gasteiger partial charge in [0.15, 0.2) is 0 Å². The van der Waals surface area contributed by atoms with Crippen molar-refractivity contribution in [2.24, 2.45) is 5.92 Å². The standard InChI is InChI=1S/C10H18N2OS/c1-7(4-8-2-3-8)12-10(13)9-5-14-6-11-9/h7-9,11H,2-6H2,1H3,(H,12,13)/t7?,9-/m1/s1. The lowest BCUT2D eigenvalue weighted by Crippen LogP contribution is -2.45. The van der Waals surface area contributed by atoms with E-state index in [1.165, 1.54) is 12.8 Å². The number of rotatable bonds is 4. The van der Waals surface area contributed by atoms with Crippen LogP contribution in [0.4, 0.5) is 0 Å². The Morgan fingerprint density at radius 1 is 1.64 bits per heavy atom. The minimum absolute atomic E-state index is 0.0432. The van der Waals surface area contributed by atoms with Crippen LogP contribution in [0.3, 0.4) is 0 Å². The zero-order chi connectivity index (χ0) is 9.97. The monoisotopic (exact) mass is 214 g/mol. The van der Waals surface area contributed by atoms with Gasteiger partial charge in [-0.25, -0.2) is 0 Å². The molecule has 0 aromatic rings. The zero-order valence-corrected chi connectivity index (χ0v) is 9.40. The first-order valence-electron chi connectivity index (χ1n) is 5.37. The molecule has 1 saturated carbocycles. The van der Waals surface area contributed by atoms with E-state index in [9.17, 15) is 4.79 Å². The Morgan fingerprint density at radius 3 is 3.00 bits per heavy atom. The van der Waals surface area contributed by atoms with Crippen molar-refractivity contribution in [2.75, 3.05) is 11.6 Å². The molecule has 14 heavy (non-hydrogen) atoms. The second-order valence-corrected chi connectivity index (χ2v) is 5.39. The highest BCUT2D eigenvalue weighted by molar-refractivity contribution is 7.99. The van der Waals surface area contributed by atoms with Gasteiger partial charge in [0.2, 0.25) is 5.91 Å². The second-order valence-electron chi connectivity index (χ2n) is 4.36. The van der Waals surface area contributed by atoms with Gasteiger partial charge in [0.1, 0.15) is 0 Å². The van der Waals surface area contributed by atoms with E-state index < -0.39 is 0 Å². The first-order chi connectivity index (χ1) is 6.75. The van der Waals surface area contributed by atoms with Crippen molar-refractivity contribution >= 4 is 17.7 Å². The molecule has 1 heterocycles. The molecule has 1 aliphatic carbocycles. The Hall–Kier alpha value is -0.220. The highest BCUT2D eigenvalue weighted by Crippen LogP contribution is 2.33. The lowest BCUT2D eigenvalue weighted by Gasteiger charge is -2.16. The van der Waals surface area contributed by atoms with E-state index in [0.717, 1.165) is 24.0 Å². The summed E-state index contributed by atoms with van der Waals surface area (Å²) < 4.78 is 0. The van der Waals surface area contributed by atoms with Gasteiger partial charge < -0.3 is 5.32 Å². The van der Waals surface area contributed by atoms with Crippen LogP contribution >= 0.6 is 11.8 Å². The van der Waals surface area contributed by atoms with Crippen LogP contribution in [0.5, 0.6) is 0 Å². The maximum absolute atomic E-state index is 11.7. The Labute approximate surface area is 89.4 Å². The van der Waals surface area contributed by atoms with Crippen molar-refractivity contribution in [3.05, 3.63) is 0 Å². The van der Waals surface area contributed by atoms with Gasteiger partial charge in [-0.05, 0) is 19.3 Å². The van der Waals surface area contributed by atoms with Crippen LogP contribution in [-0.2, 0) is 4.79 Å². The Bertz CT molecular complexity index is 212. The molecule has 1 aliphatic heterocycles. The van der Waals surface area contributed by atoms with Gasteiger partial charge in [0.05, 0.1) is 6.04 Å². The van der Waals surface area contributed by atoms with Gasteiger partial charge in [0, 0.05) is 17.7 Å². The van der Waals surface area contributed by atoms with Crippen molar-refractivity contribution in [1.29, 1.82) is 0 Å². The van der Waals surface area contributed by atoms with Gasteiger partial charge in [0.25, 0.3) is 0 Å². The van der Waals surface area contributed by atoms with E-state index in [2.05, 4.69) is 17.6 Å². The summed E-state index contributed by atoms with van der Waals surface area (Å²) in [6.07, 6.45) is 3.88. The summed E-state index contributed by atoms with van der Waals surface area (Å²) in [5, 5.41) is 6.26. The molecule has 1 unspecified atom stereocenters. The third kappa shape index (κ3) is 2.89. The molecule has 4 heteroatoms. The average molecular weight is 214 g/mol. The number of carbonyl (C=O) groups excluding carboxylic acids is 1. The molecule has 1 amide bonds. The number of thioether (sulfide) groups is 1. The molecule has 0 aromatic heterocycles. The number of carbonyl (C=O) groups is 1. The topological polar surface area (TPSA) is 41.1 Å². The van der Waals surface area contributed by atoms with E-state index in [-0.39, 0.29) is 11.9 Å². The number of hydrogen-bond donors (Lipinski definition) is 2. The first kappa shape index (κ1) is 10.3. The van der Waals surface area contributed by atoms with Crippen LogP contribution in [0.25, 0.3) is 0 Å². The van der Waals surface area contributed by atoms with E-state index in [0.29, 0.717) is 6.04 Å². The van der Waals surface area contributed by atoms with Crippen LogP contribution in [0, 0.1) is 5.92 Å². The minimum atomic E-state index is 0.0432. The molecule has 80 valence electrons. The third-order valence-corrected chi connectivity index (χ3v) is 3.75. The molecule has 3 nitrogen and oxygen atoms in total. The van der Waals surface area contributed by atoms with Gasteiger partial charge in [-0.3, -0.25) is 10.1 Å². The molecule has 0 aromatic carbocycles. The number of hydrogen-bond acceptors (Lipinski definition) is 3. The molecule has 0 radical (unpaired) electrons. The molecule has 2 atom stereocenters. The smallest absolute Gasteiger partial charge is 0.238 e. The minimum Gasteiger partial charge on any atom is -0.352 e. The van der Waals surface area contributed by atoms with Crippen molar-refractivity contribution in [2.45, 2.75) is 38.3 Å². The number of amides is 1. The summed E-state index contributed by atoms with van der Waals surface area (Å²) in [6, 6.07) is 0.393. The lowest BCUT2D eigenvalue weighted by atomic mass is 10.1. The largest absolute Gasteiger partial charge is 0.352 e. The van der Waals surface area contributed by atoms with E-state index in [4.69, 9.17) is 0 Å². The zero-order valence-electron chi connectivity index (χ0n) is 8.58. The Kier molecular flexibility index (Phi) is 3.34. The van der Waals surface area contributed by atoms with Crippen molar-refractivity contribution in [3.63, 3.8) is 0 Å². The molecule has 0 spiro atoms. The fourth-order valence-corrected chi connectivity index (χ4v) is 2.76. The van der Waals surface area contributed by atoms with Gasteiger partial charge >= 0.3 is 0 Å². The fraction of sp³-hybridized carbons (Fsp3) is 0.900. The summed E-state index contributed by atoms with van der Waals surface area (Å²) in [5.41, 5.74) is 0. The van der Waals surface area contributed by atoms with E-state index >= 15 is 0 Å². The molecule has 1 saturated heterocycles. The van der Waals surface area contributed by atoms with Crippen LogP contribution in [0.1, 0.15) is 26.2 Å². The van der Waals surface area contributed by atoms with Crippen LogP contribution < -0.4 is 10.6 Å². The highest BCUT2D eigenvalue weighted by Gasteiger charge is 2.27. The van der Waals surface area contributed by atoms with Gasteiger partial charge in [-0.1, -0.05) is 12.8 Å². The van der Waals surface area contributed by atoms with Crippen LogP contribution in [-0.4, -0.2) is 29.6 Å². The third-order valence-electron chi connectivity index (χ3n) is 2.81. The molecule has 2 rings (SSSR count). The fourth-order valence-electron chi connectivity index (χ4n) is 1.82. The SMILES string of the molecule is CC(CC1CC1)NC(=O)[C@H]1CSCN1. The van der Waals surface area contributed by atoms with Gasteiger partial charge in [-0.2, -0.15) is 0 Å². The van der Waals surface area contributed by atoms with Gasteiger partial charge in [-0.15, -0.1) is 11.8 Å². The van der Waals surface area contributed by atoms with Crippen molar-refractivity contribution in [1.82, 2.24) is 10.6 Å². The summed E-state index contributed by atoms with van der Waals surface area (Å²) in [6.45, 7) is 2.11. The second kappa shape index (κ2) is 4.53. The summed E-state index contributed by atoms with van der Waals surface area (Å²) in [7, 11) is 0. The first-order valence-corrected chi connectivity index (χ1v) is 6.52. The molecular formula is C10H18N2OS. The molecular weight excluding hydrogens is 196 g/mol. The molecule has 2 aliphatic rings. The number of nitrogens with one attached hydrogen (secondary N) is 2. The quantitative estimate of drug-likeness (QED) is 0.732. The van der Waals surface area contributed by atoms with Crippen LogP contribution in [0.2, 0.25) is 0 Å². The Balaban J connectivity index is 1.69.